The van der Waals surface area contributed by atoms with Crippen LogP contribution in [-0.4, -0.2) is 76.4 Å². The Kier molecular flexibility index (Phi) is 6.13. The highest BCUT2D eigenvalue weighted by atomic mass is 16.7. The van der Waals surface area contributed by atoms with Gasteiger partial charge >= 0.3 is 0 Å². The van der Waals surface area contributed by atoms with E-state index in [1.165, 1.54) is 0 Å². The maximum absolute atomic E-state index is 9.72. The summed E-state index contributed by atoms with van der Waals surface area (Å²) in [5.74, 6) is 0. The predicted molar refractivity (Wildman–Crippen MR) is 67.5 cm³/mol. The molecule has 2 unspecified atom stereocenters. The van der Waals surface area contributed by atoms with E-state index in [-0.39, 0.29) is 12.1 Å². The molecular weight excluding hydrogens is 254 g/mol. The second kappa shape index (κ2) is 6.94. The van der Waals surface area contributed by atoms with E-state index in [9.17, 15) is 15.3 Å². The highest BCUT2D eigenvalue weighted by Crippen LogP contribution is 2.21. The lowest BCUT2D eigenvalue weighted by molar-refractivity contribution is -0.300. The lowest BCUT2D eigenvalue weighted by Crippen LogP contribution is -2.59. The minimum Gasteiger partial charge on any atom is -0.394 e. The normalized spacial score (nSPS) is 36.5. The summed E-state index contributed by atoms with van der Waals surface area (Å²) in [5, 5.41) is 41.1. The predicted octanol–water partition coefficient (Wildman–Crippen LogP) is -1.81. The molecule has 0 saturated carbocycles. The fourth-order valence-corrected chi connectivity index (χ4v) is 1.81. The van der Waals surface area contributed by atoms with Crippen molar-refractivity contribution in [1.29, 1.82) is 0 Å². The first-order valence-corrected chi connectivity index (χ1v) is 6.43. The minimum absolute atomic E-state index is 0.0429. The van der Waals surface area contributed by atoms with Gasteiger partial charge in [-0.15, -0.1) is 0 Å². The van der Waals surface area contributed by atoms with Crippen LogP contribution in [0, 0.1) is 0 Å². The van der Waals surface area contributed by atoms with Crippen molar-refractivity contribution in [3.05, 3.63) is 0 Å². The van der Waals surface area contributed by atoms with E-state index in [0.717, 1.165) is 0 Å². The lowest BCUT2D eigenvalue weighted by Gasteiger charge is -2.39. The average molecular weight is 279 g/mol. The molecule has 114 valence electrons. The fourth-order valence-electron chi connectivity index (χ4n) is 1.81. The first-order chi connectivity index (χ1) is 8.76. The quantitative estimate of drug-likeness (QED) is 0.377. The van der Waals surface area contributed by atoms with Gasteiger partial charge in [-0.3, -0.25) is 0 Å². The van der Waals surface area contributed by atoms with Crippen molar-refractivity contribution in [2.45, 2.75) is 57.0 Å². The number of ether oxygens (including phenoxy) is 2. The van der Waals surface area contributed by atoms with E-state index in [2.05, 4.69) is 5.32 Å². The van der Waals surface area contributed by atoms with Crippen LogP contribution in [0.3, 0.4) is 0 Å². The van der Waals surface area contributed by atoms with Gasteiger partial charge in [0.15, 0.2) is 6.29 Å². The van der Waals surface area contributed by atoms with Gasteiger partial charge in [0.2, 0.25) is 0 Å². The Labute approximate surface area is 113 Å². The van der Waals surface area contributed by atoms with Crippen molar-refractivity contribution in [2.75, 3.05) is 19.8 Å². The Hall–Kier alpha value is -0.280. The Morgan fingerprint density at radius 3 is 2.26 bits per heavy atom. The number of aliphatic hydroxyl groups is 4. The molecule has 0 aliphatic carbocycles. The van der Waals surface area contributed by atoms with Crippen LogP contribution in [0.1, 0.15) is 20.8 Å². The van der Waals surface area contributed by atoms with Crippen LogP contribution >= 0.6 is 0 Å². The molecule has 1 aliphatic heterocycles. The van der Waals surface area contributed by atoms with Crippen LogP contribution in [0.15, 0.2) is 0 Å². The molecule has 19 heavy (non-hydrogen) atoms. The van der Waals surface area contributed by atoms with Crippen LogP contribution in [0.5, 0.6) is 0 Å². The topological polar surface area (TPSA) is 111 Å². The fraction of sp³-hybridized carbons (Fsp3) is 1.00. The number of hydrogen-bond acceptors (Lipinski definition) is 7. The van der Waals surface area contributed by atoms with Gasteiger partial charge in [0.05, 0.1) is 13.2 Å². The molecular formula is C12H25NO6. The largest absolute Gasteiger partial charge is 0.394 e. The average Bonchev–Trinajstić information content (AvgIpc) is 2.33. The highest BCUT2D eigenvalue weighted by Gasteiger charge is 2.43. The summed E-state index contributed by atoms with van der Waals surface area (Å²) in [4.78, 5) is 0. The van der Waals surface area contributed by atoms with Gasteiger partial charge in [0.25, 0.3) is 0 Å². The number of rotatable bonds is 5. The van der Waals surface area contributed by atoms with Gasteiger partial charge in [-0.25, -0.2) is 0 Å². The van der Waals surface area contributed by atoms with Crippen LogP contribution in [-0.2, 0) is 9.47 Å². The van der Waals surface area contributed by atoms with Crippen molar-refractivity contribution < 1.29 is 29.9 Å². The molecule has 7 heteroatoms. The SMILES string of the molecule is CC(C)(C)NCCO[C@H]1OC(CO)[C@@H](O)[C@H](O)C1O. The van der Waals surface area contributed by atoms with Gasteiger partial charge in [0, 0.05) is 12.1 Å². The van der Waals surface area contributed by atoms with Crippen molar-refractivity contribution in [3.8, 4) is 0 Å². The molecule has 1 aliphatic rings. The van der Waals surface area contributed by atoms with Gasteiger partial charge < -0.3 is 35.2 Å². The minimum atomic E-state index is -1.40. The Morgan fingerprint density at radius 2 is 1.74 bits per heavy atom. The third-order valence-electron chi connectivity index (χ3n) is 2.89. The van der Waals surface area contributed by atoms with Crippen molar-refractivity contribution in [2.24, 2.45) is 0 Å². The molecule has 1 saturated heterocycles. The van der Waals surface area contributed by atoms with Crippen molar-refractivity contribution >= 4 is 0 Å². The smallest absolute Gasteiger partial charge is 0.186 e. The van der Waals surface area contributed by atoms with Crippen LogP contribution in [0.2, 0.25) is 0 Å². The van der Waals surface area contributed by atoms with Crippen LogP contribution in [0.4, 0.5) is 0 Å². The zero-order valence-electron chi connectivity index (χ0n) is 11.6. The second-order valence-electron chi connectivity index (χ2n) is 5.74. The third kappa shape index (κ3) is 4.96. The molecule has 0 spiro atoms. The van der Waals surface area contributed by atoms with E-state index in [0.29, 0.717) is 6.54 Å². The molecule has 5 N–H and O–H groups in total. The number of aliphatic hydroxyl groups excluding tert-OH is 4. The number of hydrogen-bond donors (Lipinski definition) is 5. The summed E-state index contributed by atoms with van der Waals surface area (Å²) < 4.78 is 10.5. The van der Waals surface area contributed by atoms with Gasteiger partial charge in [0.1, 0.15) is 24.4 Å². The zero-order valence-corrected chi connectivity index (χ0v) is 11.6. The first kappa shape index (κ1) is 16.8. The zero-order chi connectivity index (χ0) is 14.6. The maximum atomic E-state index is 9.72. The standard InChI is InChI=1S/C12H25NO6/c1-12(2,3)13-4-5-18-11-10(17)9(16)8(15)7(6-14)19-11/h7-11,13-17H,4-6H2,1-3H3/t7?,8-,9+,10?,11+/m1/s1. The number of nitrogens with one attached hydrogen (secondary N) is 1. The molecule has 0 aromatic rings. The van der Waals surface area contributed by atoms with E-state index < -0.39 is 37.3 Å². The maximum Gasteiger partial charge on any atom is 0.186 e. The molecule has 7 nitrogen and oxygen atoms in total. The Morgan fingerprint density at radius 1 is 1.11 bits per heavy atom. The molecule has 0 aromatic carbocycles. The van der Waals surface area contributed by atoms with E-state index in [4.69, 9.17) is 14.6 Å². The molecule has 1 rings (SSSR count). The van der Waals surface area contributed by atoms with Crippen LogP contribution in [0.25, 0.3) is 0 Å². The van der Waals surface area contributed by atoms with Gasteiger partial charge in [-0.1, -0.05) is 0 Å². The van der Waals surface area contributed by atoms with E-state index in [1.54, 1.807) is 0 Å². The van der Waals surface area contributed by atoms with Gasteiger partial charge in [-0.05, 0) is 20.8 Å². The van der Waals surface area contributed by atoms with Gasteiger partial charge in [-0.2, -0.15) is 0 Å². The molecule has 1 fully saturated rings. The van der Waals surface area contributed by atoms with E-state index >= 15 is 0 Å². The Bertz CT molecular complexity index is 267. The molecule has 0 aromatic heterocycles. The summed E-state index contributed by atoms with van der Waals surface area (Å²) in [6, 6.07) is 0. The Balaban J connectivity index is 2.40. The van der Waals surface area contributed by atoms with Crippen molar-refractivity contribution in [3.63, 3.8) is 0 Å². The first-order valence-electron chi connectivity index (χ1n) is 6.43. The second-order valence-corrected chi connectivity index (χ2v) is 5.74. The summed E-state index contributed by atoms with van der Waals surface area (Å²) in [6.45, 7) is 6.42. The molecule has 0 amide bonds. The summed E-state index contributed by atoms with van der Waals surface area (Å²) in [6.07, 6.45) is -6.08. The third-order valence-corrected chi connectivity index (χ3v) is 2.89. The van der Waals surface area contributed by atoms with E-state index in [1.807, 2.05) is 20.8 Å². The van der Waals surface area contributed by atoms with Crippen LogP contribution < -0.4 is 5.32 Å². The van der Waals surface area contributed by atoms with Crippen molar-refractivity contribution in [1.82, 2.24) is 5.32 Å². The molecule has 0 bridgehead atoms. The molecule has 5 atom stereocenters. The highest BCUT2D eigenvalue weighted by molar-refractivity contribution is 4.88. The summed E-state index contributed by atoms with van der Waals surface area (Å²) >= 11 is 0. The molecule has 0 radical (unpaired) electrons. The summed E-state index contributed by atoms with van der Waals surface area (Å²) in [7, 11) is 0. The summed E-state index contributed by atoms with van der Waals surface area (Å²) in [5.41, 5.74) is -0.0429. The lowest BCUT2D eigenvalue weighted by atomic mass is 9.99. The molecule has 1 heterocycles. The monoisotopic (exact) mass is 279 g/mol.